The minimum Gasteiger partial charge on any atom is -0.314 e. The van der Waals surface area contributed by atoms with Crippen molar-refractivity contribution in [3.8, 4) is 0 Å². The Morgan fingerprint density at radius 2 is 2.13 bits per heavy atom. The van der Waals surface area contributed by atoms with Gasteiger partial charge in [-0.15, -0.1) is 0 Å². The number of rotatable bonds is 4. The smallest absolute Gasteiger partial charge is 0.0111 e. The fourth-order valence-corrected chi connectivity index (χ4v) is 2.99. The zero-order chi connectivity index (χ0) is 10.7. The van der Waals surface area contributed by atoms with Crippen LogP contribution in [0.15, 0.2) is 0 Å². The summed E-state index contributed by atoms with van der Waals surface area (Å²) in [5.74, 6) is 0.837. The Morgan fingerprint density at radius 1 is 1.27 bits per heavy atom. The maximum absolute atomic E-state index is 3.74. The molecule has 2 fully saturated rings. The van der Waals surface area contributed by atoms with Crippen LogP contribution < -0.4 is 5.32 Å². The highest BCUT2D eigenvalue weighted by atomic mass is 15.2. The van der Waals surface area contributed by atoms with Crippen LogP contribution in [0.25, 0.3) is 0 Å². The lowest BCUT2D eigenvalue weighted by Gasteiger charge is -2.35. The first kappa shape index (κ1) is 11.4. The molecule has 2 nitrogen and oxygen atoms in total. The molecule has 2 aliphatic heterocycles. The van der Waals surface area contributed by atoms with Gasteiger partial charge in [-0.2, -0.15) is 0 Å². The highest BCUT2D eigenvalue weighted by Gasteiger charge is 2.31. The highest BCUT2D eigenvalue weighted by molar-refractivity contribution is 4.89. The van der Waals surface area contributed by atoms with Crippen molar-refractivity contribution in [1.82, 2.24) is 10.2 Å². The maximum atomic E-state index is 3.74. The molecular weight excluding hydrogens is 184 g/mol. The molecule has 0 amide bonds. The predicted molar refractivity (Wildman–Crippen MR) is 65.1 cm³/mol. The number of hydrogen-bond acceptors (Lipinski definition) is 2. The zero-order valence-corrected chi connectivity index (χ0v) is 10.3. The van der Waals surface area contributed by atoms with Gasteiger partial charge in [-0.3, -0.25) is 0 Å². The molecule has 2 aliphatic rings. The Balaban J connectivity index is 1.66. The number of nitrogens with one attached hydrogen (secondary N) is 1. The zero-order valence-electron chi connectivity index (χ0n) is 10.3. The molecule has 0 spiro atoms. The van der Waals surface area contributed by atoms with Crippen molar-refractivity contribution < 1.29 is 0 Å². The Hall–Kier alpha value is -0.0800. The minimum absolute atomic E-state index is 0.808. The molecule has 1 N–H and O–H groups in total. The average Bonchev–Trinajstić information content (AvgIpc) is 2.64. The van der Waals surface area contributed by atoms with Crippen LogP contribution in [0.3, 0.4) is 0 Å². The molecule has 15 heavy (non-hydrogen) atoms. The summed E-state index contributed by atoms with van der Waals surface area (Å²) in [4.78, 5) is 2.70. The molecule has 0 aromatic carbocycles. The molecule has 2 saturated heterocycles. The van der Waals surface area contributed by atoms with E-state index in [0.717, 1.165) is 18.0 Å². The Kier molecular flexibility index (Phi) is 4.04. The second-order valence-electron chi connectivity index (χ2n) is 5.69. The summed E-state index contributed by atoms with van der Waals surface area (Å²) in [5.41, 5.74) is 0. The van der Waals surface area contributed by atoms with Gasteiger partial charge in [-0.25, -0.2) is 0 Å². The lowest BCUT2D eigenvalue weighted by atomic mass is 9.97. The molecule has 0 aliphatic carbocycles. The van der Waals surface area contributed by atoms with Gasteiger partial charge < -0.3 is 10.2 Å². The molecule has 0 aromatic rings. The van der Waals surface area contributed by atoms with Crippen LogP contribution in [0.2, 0.25) is 0 Å². The third-order valence-electron chi connectivity index (χ3n) is 3.98. The van der Waals surface area contributed by atoms with E-state index in [9.17, 15) is 0 Å². The van der Waals surface area contributed by atoms with E-state index < -0.39 is 0 Å². The number of piperidine rings is 1. The Labute approximate surface area is 94.4 Å². The summed E-state index contributed by atoms with van der Waals surface area (Å²) in [6.07, 6.45) is 6.98. The van der Waals surface area contributed by atoms with Crippen molar-refractivity contribution in [2.75, 3.05) is 19.6 Å². The van der Waals surface area contributed by atoms with Crippen molar-refractivity contribution in [2.45, 2.75) is 58.0 Å². The molecule has 2 rings (SSSR count). The van der Waals surface area contributed by atoms with E-state index in [1.165, 1.54) is 51.7 Å². The second kappa shape index (κ2) is 5.31. The van der Waals surface area contributed by atoms with E-state index in [4.69, 9.17) is 0 Å². The molecule has 2 heterocycles. The van der Waals surface area contributed by atoms with Gasteiger partial charge in [-0.1, -0.05) is 13.8 Å². The molecule has 2 atom stereocenters. The molecule has 88 valence electrons. The van der Waals surface area contributed by atoms with Crippen molar-refractivity contribution in [3.63, 3.8) is 0 Å². The first-order valence-corrected chi connectivity index (χ1v) is 6.73. The van der Waals surface area contributed by atoms with Gasteiger partial charge >= 0.3 is 0 Å². The number of nitrogens with zero attached hydrogens (tertiary/aromatic N) is 1. The standard InChI is InChI=1S/C13H26N2/c1-11(2)5-7-14-12-6-9-15-8-3-4-13(15)10-12/h11-14H,3-10H2,1-2H3. The van der Waals surface area contributed by atoms with Gasteiger partial charge in [0.05, 0.1) is 0 Å². The molecule has 0 radical (unpaired) electrons. The summed E-state index contributed by atoms with van der Waals surface area (Å²) in [6.45, 7) is 8.53. The summed E-state index contributed by atoms with van der Waals surface area (Å²) >= 11 is 0. The normalized spacial score (nSPS) is 32.2. The molecule has 0 bridgehead atoms. The fourth-order valence-electron chi connectivity index (χ4n) is 2.99. The van der Waals surface area contributed by atoms with Crippen molar-refractivity contribution >= 4 is 0 Å². The third kappa shape index (κ3) is 3.18. The predicted octanol–water partition coefficient (Wildman–Crippen LogP) is 2.25. The van der Waals surface area contributed by atoms with Crippen molar-refractivity contribution in [2.24, 2.45) is 5.92 Å². The average molecular weight is 210 g/mol. The first-order valence-electron chi connectivity index (χ1n) is 6.73. The summed E-state index contributed by atoms with van der Waals surface area (Å²) in [6, 6.07) is 1.72. The quantitative estimate of drug-likeness (QED) is 0.765. The summed E-state index contributed by atoms with van der Waals surface area (Å²) in [7, 11) is 0. The van der Waals surface area contributed by atoms with Crippen LogP contribution in [-0.2, 0) is 0 Å². The Morgan fingerprint density at radius 3 is 2.93 bits per heavy atom. The SMILES string of the molecule is CC(C)CCNC1CCN2CCCC2C1. The van der Waals surface area contributed by atoms with Crippen molar-refractivity contribution in [1.29, 1.82) is 0 Å². The van der Waals surface area contributed by atoms with E-state index >= 15 is 0 Å². The molecule has 2 heteroatoms. The highest BCUT2D eigenvalue weighted by Crippen LogP contribution is 2.26. The van der Waals surface area contributed by atoms with E-state index in [-0.39, 0.29) is 0 Å². The first-order chi connectivity index (χ1) is 7.25. The lowest BCUT2D eigenvalue weighted by molar-refractivity contribution is 0.166. The van der Waals surface area contributed by atoms with Gasteiger partial charge in [0.25, 0.3) is 0 Å². The van der Waals surface area contributed by atoms with Crippen molar-refractivity contribution in [3.05, 3.63) is 0 Å². The van der Waals surface area contributed by atoms with E-state index in [1.54, 1.807) is 0 Å². The molecular formula is C13H26N2. The van der Waals surface area contributed by atoms with Gasteiger partial charge in [-0.05, 0) is 57.7 Å². The largest absolute Gasteiger partial charge is 0.314 e. The van der Waals surface area contributed by atoms with Gasteiger partial charge in [0.2, 0.25) is 0 Å². The summed E-state index contributed by atoms with van der Waals surface area (Å²) in [5, 5.41) is 3.74. The molecule has 0 saturated carbocycles. The van der Waals surface area contributed by atoms with Crippen LogP contribution in [0.4, 0.5) is 0 Å². The van der Waals surface area contributed by atoms with E-state index in [2.05, 4.69) is 24.1 Å². The molecule has 2 unspecified atom stereocenters. The van der Waals surface area contributed by atoms with Gasteiger partial charge in [0.1, 0.15) is 0 Å². The fraction of sp³-hybridized carbons (Fsp3) is 1.00. The number of hydrogen-bond donors (Lipinski definition) is 1. The van der Waals surface area contributed by atoms with Crippen LogP contribution in [0.5, 0.6) is 0 Å². The van der Waals surface area contributed by atoms with E-state index in [0.29, 0.717) is 0 Å². The Bertz CT molecular complexity index is 191. The third-order valence-corrected chi connectivity index (χ3v) is 3.98. The lowest BCUT2D eigenvalue weighted by Crippen LogP contribution is -2.45. The monoisotopic (exact) mass is 210 g/mol. The summed E-state index contributed by atoms with van der Waals surface area (Å²) < 4.78 is 0. The van der Waals surface area contributed by atoms with E-state index in [1.807, 2.05) is 0 Å². The van der Waals surface area contributed by atoms with Crippen LogP contribution >= 0.6 is 0 Å². The van der Waals surface area contributed by atoms with Crippen LogP contribution in [0.1, 0.15) is 46.0 Å². The molecule has 0 aromatic heterocycles. The maximum Gasteiger partial charge on any atom is 0.0111 e. The van der Waals surface area contributed by atoms with Gasteiger partial charge in [0.15, 0.2) is 0 Å². The van der Waals surface area contributed by atoms with Gasteiger partial charge in [0, 0.05) is 12.1 Å². The van der Waals surface area contributed by atoms with Crippen LogP contribution in [0, 0.1) is 5.92 Å². The second-order valence-corrected chi connectivity index (χ2v) is 5.69. The topological polar surface area (TPSA) is 15.3 Å². The van der Waals surface area contributed by atoms with Crippen LogP contribution in [-0.4, -0.2) is 36.6 Å². The number of fused-ring (bicyclic) bond motifs is 1. The minimum atomic E-state index is 0.808.